The molecule has 0 radical (unpaired) electrons. The number of rotatable bonds is 6. The van der Waals surface area contributed by atoms with Gasteiger partial charge in [0.05, 0.1) is 15.5 Å². The van der Waals surface area contributed by atoms with Crippen LogP contribution in [0.25, 0.3) is 10.2 Å². The minimum Gasteiger partial charge on any atom is -0.357 e. The number of carbonyl (C=O) groups excluding carboxylic acids is 1. The second-order valence-electron chi connectivity index (χ2n) is 6.59. The van der Waals surface area contributed by atoms with Crippen molar-refractivity contribution in [2.24, 2.45) is 0 Å². The van der Waals surface area contributed by atoms with Crippen LogP contribution in [0.1, 0.15) is 39.0 Å². The molecule has 1 atom stereocenters. The van der Waals surface area contributed by atoms with E-state index < -0.39 is 0 Å². The van der Waals surface area contributed by atoms with Gasteiger partial charge >= 0.3 is 0 Å². The third-order valence-electron chi connectivity index (χ3n) is 4.51. The molecular formula is C18H21N5OS3. The smallest absolute Gasteiger partial charge is 0.239 e. The van der Waals surface area contributed by atoms with E-state index in [-0.39, 0.29) is 11.2 Å². The van der Waals surface area contributed by atoms with Gasteiger partial charge in [0.2, 0.25) is 11.0 Å². The topological polar surface area (TPSA) is 79.8 Å². The summed E-state index contributed by atoms with van der Waals surface area (Å²) in [5.74, 6) is -0.0731. The third-order valence-corrected chi connectivity index (χ3v) is 7.50. The normalized spacial score (nSPS) is 16.3. The highest BCUT2D eigenvalue weighted by Gasteiger charge is 2.20. The molecule has 27 heavy (non-hydrogen) atoms. The fraction of sp³-hybridized carbons (Fsp3) is 0.444. The van der Waals surface area contributed by atoms with Crippen molar-refractivity contribution in [3.05, 3.63) is 24.3 Å². The Morgan fingerprint density at radius 1 is 1.15 bits per heavy atom. The molecule has 9 heteroatoms. The number of nitrogens with one attached hydrogen (secondary N) is 2. The number of hydrogen-bond acceptors (Lipinski definition) is 8. The lowest BCUT2D eigenvalue weighted by atomic mass is 9.96. The van der Waals surface area contributed by atoms with Crippen molar-refractivity contribution >= 4 is 60.8 Å². The van der Waals surface area contributed by atoms with Crippen LogP contribution in [0.2, 0.25) is 0 Å². The van der Waals surface area contributed by atoms with Gasteiger partial charge in [-0.1, -0.05) is 65.8 Å². The zero-order valence-electron chi connectivity index (χ0n) is 15.0. The van der Waals surface area contributed by atoms with Crippen molar-refractivity contribution in [3.8, 4) is 0 Å². The lowest BCUT2D eigenvalue weighted by molar-refractivity contribution is -0.115. The predicted molar refractivity (Wildman–Crippen MR) is 114 cm³/mol. The van der Waals surface area contributed by atoms with Crippen molar-refractivity contribution < 1.29 is 4.79 Å². The van der Waals surface area contributed by atoms with Gasteiger partial charge in [-0.3, -0.25) is 4.79 Å². The Kier molecular flexibility index (Phi) is 5.89. The first-order valence-electron chi connectivity index (χ1n) is 9.10. The van der Waals surface area contributed by atoms with Gasteiger partial charge in [0, 0.05) is 6.04 Å². The summed E-state index contributed by atoms with van der Waals surface area (Å²) >= 11 is 4.43. The summed E-state index contributed by atoms with van der Waals surface area (Å²) in [6, 6.07) is 8.37. The number of aromatic nitrogens is 3. The number of amides is 1. The molecule has 1 unspecified atom stereocenters. The first-order valence-corrected chi connectivity index (χ1v) is 11.6. The summed E-state index contributed by atoms with van der Waals surface area (Å²) in [6.45, 7) is 1.88. The molecule has 2 N–H and O–H groups in total. The SMILES string of the molecule is CC(Sc1nnc(NC2CCCCC2)s1)C(=O)Nc1nc2ccccc2s1. The Morgan fingerprint density at radius 3 is 2.78 bits per heavy atom. The number of carbonyl (C=O) groups is 1. The van der Waals surface area contributed by atoms with Crippen LogP contribution >= 0.6 is 34.4 Å². The standard InChI is InChI=1S/C18H21N5OS3/c1-11(15(24)21-16-20-13-9-5-6-10-14(13)26-16)25-18-23-22-17(27-18)19-12-7-3-2-4-8-12/h5-6,9-12H,2-4,7-8H2,1H3,(H,19,22)(H,20,21,24). The number of fused-ring (bicyclic) bond motifs is 1. The van der Waals surface area contributed by atoms with Gasteiger partial charge in [0.15, 0.2) is 9.47 Å². The summed E-state index contributed by atoms with van der Waals surface area (Å²) in [7, 11) is 0. The fourth-order valence-corrected chi connectivity index (χ4v) is 5.92. The number of hydrogen-bond donors (Lipinski definition) is 2. The minimum atomic E-state index is -0.271. The van der Waals surface area contributed by atoms with E-state index in [1.165, 1.54) is 66.5 Å². The number of anilines is 2. The molecule has 2 heterocycles. The molecule has 1 aromatic carbocycles. The maximum Gasteiger partial charge on any atom is 0.239 e. The Hall–Kier alpha value is -1.71. The quantitative estimate of drug-likeness (QED) is 0.547. The summed E-state index contributed by atoms with van der Waals surface area (Å²) in [4.78, 5) is 16.9. The number of nitrogens with zero attached hydrogens (tertiary/aromatic N) is 3. The lowest BCUT2D eigenvalue weighted by Crippen LogP contribution is -2.22. The average Bonchev–Trinajstić information content (AvgIpc) is 3.28. The monoisotopic (exact) mass is 419 g/mol. The van der Waals surface area contributed by atoms with Crippen LogP contribution in [0.3, 0.4) is 0 Å². The van der Waals surface area contributed by atoms with E-state index in [1.807, 2.05) is 31.2 Å². The molecule has 142 valence electrons. The lowest BCUT2D eigenvalue weighted by Gasteiger charge is -2.21. The van der Waals surface area contributed by atoms with Crippen molar-refractivity contribution in [3.63, 3.8) is 0 Å². The molecule has 1 aliphatic rings. The van der Waals surface area contributed by atoms with Crippen LogP contribution in [-0.4, -0.2) is 32.4 Å². The Balaban J connectivity index is 1.32. The Morgan fingerprint density at radius 2 is 1.96 bits per heavy atom. The number of thioether (sulfide) groups is 1. The van der Waals surface area contributed by atoms with Gasteiger partial charge in [-0.15, -0.1) is 10.2 Å². The molecule has 0 saturated heterocycles. The second kappa shape index (κ2) is 8.53. The van der Waals surface area contributed by atoms with Crippen LogP contribution in [0, 0.1) is 0 Å². The molecule has 2 aromatic heterocycles. The molecule has 1 aliphatic carbocycles. The van der Waals surface area contributed by atoms with Gasteiger partial charge in [0.1, 0.15) is 0 Å². The largest absolute Gasteiger partial charge is 0.357 e. The molecule has 1 saturated carbocycles. The van der Waals surface area contributed by atoms with E-state index in [9.17, 15) is 4.79 Å². The molecule has 0 aliphatic heterocycles. The molecule has 6 nitrogen and oxygen atoms in total. The maximum atomic E-state index is 12.5. The molecule has 1 amide bonds. The Labute approximate surface area is 170 Å². The molecule has 0 bridgehead atoms. The van der Waals surface area contributed by atoms with Gasteiger partial charge in [-0.05, 0) is 31.9 Å². The molecular weight excluding hydrogens is 398 g/mol. The fourth-order valence-electron chi connectivity index (χ4n) is 3.07. The highest BCUT2D eigenvalue weighted by molar-refractivity contribution is 8.02. The maximum absolute atomic E-state index is 12.5. The third kappa shape index (κ3) is 4.77. The van der Waals surface area contributed by atoms with Crippen molar-refractivity contribution in [2.75, 3.05) is 10.6 Å². The predicted octanol–water partition coefficient (Wildman–Crippen LogP) is 5.01. The van der Waals surface area contributed by atoms with Crippen LogP contribution in [0.4, 0.5) is 10.3 Å². The zero-order chi connectivity index (χ0) is 18.6. The van der Waals surface area contributed by atoms with E-state index in [4.69, 9.17) is 0 Å². The van der Waals surface area contributed by atoms with Crippen molar-refractivity contribution in [2.45, 2.75) is 54.7 Å². The van der Waals surface area contributed by atoms with Crippen LogP contribution in [-0.2, 0) is 4.79 Å². The molecule has 1 fully saturated rings. The molecule has 0 spiro atoms. The van der Waals surface area contributed by atoms with Crippen LogP contribution in [0.15, 0.2) is 28.6 Å². The van der Waals surface area contributed by atoms with Gasteiger partial charge in [-0.25, -0.2) is 4.98 Å². The van der Waals surface area contributed by atoms with Crippen LogP contribution in [0.5, 0.6) is 0 Å². The van der Waals surface area contributed by atoms with E-state index in [2.05, 4.69) is 25.8 Å². The Bertz CT molecular complexity index is 886. The summed E-state index contributed by atoms with van der Waals surface area (Å²) < 4.78 is 1.87. The van der Waals surface area contributed by atoms with E-state index >= 15 is 0 Å². The average molecular weight is 420 g/mol. The van der Waals surface area contributed by atoms with Crippen molar-refractivity contribution in [1.82, 2.24) is 15.2 Å². The van der Waals surface area contributed by atoms with Crippen molar-refractivity contribution in [1.29, 1.82) is 0 Å². The summed E-state index contributed by atoms with van der Waals surface area (Å²) in [5.41, 5.74) is 0.903. The number of para-hydroxylation sites is 1. The summed E-state index contributed by atoms with van der Waals surface area (Å²) in [5, 5.41) is 16.1. The highest BCUT2D eigenvalue weighted by Crippen LogP contribution is 2.32. The van der Waals surface area contributed by atoms with E-state index in [0.717, 1.165) is 19.7 Å². The zero-order valence-corrected chi connectivity index (χ0v) is 17.4. The van der Waals surface area contributed by atoms with E-state index in [1.54, 1.807) is 0 Å². The van der Waals surface area contributed by atoms with Crippen LogP contribution < -0.4 is 10.6 Å². The first-order chi connectivity index (χ1) is 13.2. The van der Waals surface area contributed by atoms with Gasteiger partial charge in [0.25, 0.3) is 0 Å². The molecule has 3 aromatic rings. The van der Waals surface area contributed by atoms with E-state index in [0.29, 0.717) is 11.2 Å². The van der Waals surface area contributed by atoms with Gasteiger partial charge in [-0.2, -0.15) is 0 Å². The minimum absolute atomic E-state index is 0.0731. The first kappa shape index (κ1) is 18.6. The summed E-state index contributed by atoms with van der Waals surface area (Å²) in [6.07, 6.45) is 6.28. The van der Waals surface area contributed by atoms with Gasteiger partial charge < -0.3 is 10.6 Å². The highest BCUT2D eigenvalue weighted by atomic mass is 32.2. The molecule has 4 rings (SSSR count). The number of benzene rings is 1. The number of thiazole rings is 1. The second-order valence-corrected chi connectivity index (χ2v) is 10.2.